The van der Waals surface area contributed by atoms with Crippen molar-refractivity contribution in [3.8, 4) is 0 Å². The molecule has 0 amide bonds. The van der Waals surface area contributed by atoms with Crippen LogP contribution in [0.25, 0.3) is 0 Å². The first-order valence-corrected chi connectivity index (χ1v) is 4.74. The van der Waals surface area contributed by atoms with Crippen molar-refractivity contribution in [1.82, 2.24) is 10.2 Å². The second kappa shape index (κ2) is 3.86. The average Bonchev–Trinajstić information content (AvgIpc) is 2.48. The highest BCUT2D eigenvalue weighted by Gasteiger charge is 2.22. The van der Waals surface area contributed by atoms with Gasteiger partial charge in [0.1, 0.15) is 0 Å². The van der Waals surface area contributed by atoms with Gasteiger partial charge in [-0.15, -0.1) is 0 Å². The normalized spacial score (nSPS) is 12.1. The largest absolute Gasteiger partial charge is 0.390 e. The molecule has 0 fully saturated rings. The van der Waals surface area contributed by atoms with Gasteiger partial charge in [0.2, 0.25) is 0 Å². The van der Waals surface area contributed by atoms with E-state index in [0.29, 0.717) is 11.9 Å². The molecule has 0 unspecified atom stereocenters. The predicted octanol–water partition coefficient (Wildman–Crippen LogP) is 1.75. The highest BCUT2D eigenvalue weighted by molar-refractivity contribution is 5.22. The number of aromatic nitrogens is 2. The van der Waals surface area contributed by atoms with Crippen LogP contribution in [-0.4, -0.2) is 16.7 Å². The van der Waals surface area contributed by atoms with Gasteiger partial charge in [-0.3, -0.25) is 0 Å². The van der Waals surface area contributed by atoms with Crippen LogP contribution >= 0.6 is 0 Å². The number of rotatable bonds is 4. The third-order valence-corrected chi connectivity index (χ3v) is 2.70. The molecule has 5 nitrogen and oxygen atoms in total. The molecule has 0 saturated carbocycles. The fourth-order valence-corrected chi connectivity index (χ4v) is 0.814. The Hall–Kier alpha value is -1.26. The maximum atomic E-state index is 5.30. The summed E-state index contributed by atoms with van der Waals surface area (Å²) in [6.45, 7) is 9.52. The van der Waals surface area contributed by atoms with E-state index in [0.717, 1.165) is 6.54 Å². The summed E-state index contributed by atoms with van der Waals surface area (Å²) < 4.78 is 5.00. The lowest BCUT2D eigenvalue weighted by Crippen LogP contribution is -2.28. The molecule has 0 aliphatic heterocycles. The van der Waals surface area contributed by atoms with E-state index in [9.17, 15) is 0 Å². The molecule has 14 heavy (non-hydrogen) atoms. The second-order valence-corrected chi connectivity index (χ2v) is 4.44. The van der Waals surface area contributed by atoms with Crippen LogP contribution in [0.2, 0.25) is 0 Å². The SMILES string of the molecule is CC(C)C(C)(C)CNc1nnc(N)o1. The Morgan fingerprint density at radius 3 is 2.50 bits per heavy atom. The lowest BCUT2D eigenvalue weighted by atomic mass is 9.81. The van der Waals surface area contributed by atoms with Gasteiger partial charge < -0.3 is 15.5 Å². The van der Waals surface area contributed by atoms with Gasteiger partial charge in [-0.25, -0.2) is 0 Å². The van der Waals surface area contributed by atoms with Crippen LogP contribution in [0.3, 0.4) is 0 Å². The van der Waals surface area contributed by atoms with Gasteiger partial charge in [0.15, 0.2) is 0 Å². The van der Waals surface area contributed by atoms with Gasteiger partial charge in [0, 0.05) is 6.54 Å². The first-order chi connectivity index (χ1) is 6.42. The van der Waals surface area contributed by atoms with Crippen LogP contribution in [0.1, 0.15) is 27.7 Å². The molecule has 1 aromatic rings. The van der Waals surface area contributed by atoms with Gasteiger partial charge in [0.05, 0.1) is 0 Å². The van der Waals surface area contributed by atoms with Crippen molar-refractivity contribution in [2.45, 2.75) is 27.7 Å². The average molecular weight is 198 g/mol. The van der Waals surface area contributed by atoms with E-state index < -0.39 is 0 Å². The molecular formula is C9H18N4O. The minimum absolute atomic E-state index is 0.0925. The van der Waals surface area contributed by atoms with Crippen LogP contribution in [0.15, 0.2) is 4.42 Å². The zero-order chi connectivity index (χ0) is 10.8. The van der Waals surface area contributed by atoms with Crippen molar-refractivity contribution in [2.24, 2.45) is 11.3 Å². The van der Waals surface area contributed by atoms with Crippen LogP contribution in [0, 0.1) is 11.3 Å². The van der Waals surface area contributed by atoms with Gasteiger partial charge in [0.25, 0.3) is 0 Å². The highest BCUT2D eigenvalue weighted by Crippen LogP contribution is 2.26. The van der Waals surface area contributed by atoms with E-state index in [1.807, 2.05) is 0 Å². The smallest absolute Gasteiger partial charge is 0.316 e. The summed E-state index contributed by atoms with van der Waals surface area (Å²) in [7, 11) is 0. The van der Waals surface area contributed by atoms with Gasteiger partial charge in [-0.2, -0.15) is 0 Å². The summed E-state index contributed by atoms with van der Waals surface area (Å²) in [4.78, 5) is 0. The van der Waals surface area contributed by atoms with E-state index >= 15 is 0 Å². The maximum Gasteiger partial charge on any atom is 0.316 e. The molecule has 1 rings (SSSR count). The highest BCUT2D eigenvalue weighted by atomic mass is 16.4. The van der Waals surface area contributed by atoms with E-state index in [-0.39, 0.29) is 11.4 Å². The van der Waals surface area contributed by atoms with Gasteiger partial charge in [-0.1, -0.05) is 37.9 Å². The summed E-state index contributed by atoms with van der Waals surface area (Å²) in [6.07, 6.45) is 0. The molecule has 0 aromatic carbocycles. The predicted molar refractivity (Wildman–Crippen MR) is 55.8 cm³/mol. The number of nitrogen functional groups attached to an aromatic ring is 1. The fraction of sp³-hybridized carbons (Fsp3) is 0.778. The van der Waals surface area contributed by atoms with Gasteiger partial charge in [-0.05, 0) is 11.3 Å². The molecule has 80 valence electrons. The number of hydrogen-bond donors (Lipinski definition) is 2. The zero-order valence-corrected chi connectivity index (χ0v) is 9.16. The van der Waals surface area contributed by atoms with Crippen molar-refractivity contribution in [3.05, 3.63) is 0 Å². The summed E-state index contributed by atoms with van der Waals surface area (Å²) in [5.41, 5.74) is 5.48. The van der Waals surface area contributed by atoms with Crippen LogP contribution in [-0.2, 0) is 0 Å². The van der Waals surface area contributed by atoms with Crippen molar-refractivity contribution < 1.29 is 4.42 Å². The van der Waals surface area contributed by atoms with E-state index in [4.69, 9.17) is 10.2 Å². The van der Waals surface area contributed by atoms with E-state index in [2.05, 4.69) is 43.2 Å². The Balaban J connectivity index is 2.48. The molecule has 0 spiro atoms. The minimum Gasteiger partial charge on any atom is -0.390 e. The van der Waals surface area contributed by atoms with Crippen molar-refractivity contribution in [1.29, 1.82) is 0 Å². The fourth-order valence-electron chi connectivity index (χ4n) is 0.814. The first-order valence-electron chi connectivity index (χ1n) is 4.74. The third kappa shape index (κ3) is 2.61. The van der Waals surface area contributed by atoms with E-state index in [1.165, 1.54) is 0 Å². The summed E-state index contributed by atoms with van der Waals surface area (Å²) >= 11 is 0. The Morgan fingerprint density at radius 1 is 1.43 bits per heavy atom. The molecule has 0 aliphatic rings. The number of hydrogen-bond acceptors (Lipinski definition) is 5. The number of nitrogens with two attached hydrogens (primary N) is 1. The minimum atomic E-state index is 0.0925. The van der Waals surface area contributed by atoms with Gasteiger partial charge >= 0.3 is 12.0 Å². The Labute approximate surface area is 84.1 Å². The summed E-state index contributed by atoms with van der Waals surface area (Å²) in [5.74, 6) is 0.579. The third-order valence-electron chi connectivity index (χ3n) is 2.70. The first kappa shape index (κ1) is 10.8. The van der Waals surface area contributed by atoms with Crippen molar-refractivity contribution in [3.63, 3.8) is 0 Å². The van der Waals surface area contributed by atoms with E-state index in [1.54, 1.807) is 0 Å². The van der Waals surface area contributed by atoms with Crippen LogP contribution in [0.4, 0.5) is 12.0 Å². The molecule has 1 heterocycles. The zero-order valence-electron chi connectivity index (χ0n) is 9.16. The molecular weight excluding hydrogens is 180 g/mol. The quantitative estimate of drug-likeness (QED) is 0.770. The Morgan fingerprint density at radius 2 is 2.07 bits per heavy atom. The van der Waals surface area contributed by atoms with Crippen molar-refractivity contribution in [2.75, 3.05) is 17.6 Å². The monoisotopic (exact) mass is 198 g/mol. The molecule has 0 atom stereocenters. The molecule has 0 aliphatic carbocycles. The summed E-state index contributed by atoms with van der Waals surface area (Å²) in [6, 6.07) is 0.478. The second-order valence-electron chi connectivity index (χ2n) is 4.44. The Bertz CT molecular complexity index is 293. The molecule has 0 bridgehead atoms. The lowest BCUT2D eigenvalue weighted by molar-refractivity contribution is 0.267. The maximum absolute atomic E-state index is 5.30. The molecule has 3 N–H and O–H groups in total. The van der Waals surface area contributed by atoms with Crippen LogP contribution in [0.5, 0.6) is 0 Å². The standard InChI is InChI=1S/C9H18N4O/c1-6(2)9(3,4)5-11-8-13-12-7(10)14-8/h6H,5H2,1-4H3,(H2,10,12)(H,11,13). The number of nitrogens with zero attached hydrogens (tertiary/aromatic N) is 2. The Kier molecular flexibility index (Phi) is 2.98. The summed E-state index contributed by atoms with van der Waals surface area (Å²) in [5, 5.41) is 10.4. The molecule has 0 radical (unpaired) electrons. The number of anilines is 2. The molecule has 1 aromatic heterocycles. The van der Waals surface area contributed by atoms with Crippen LogP contribution < -0.4 is 11.1 Å². The topological polar surface area (TPSA) is 77.0 Å². The molecule has 0 saturated heterocycles. The van der Waals surface area contributed by atoms with Crippen molar-refractivity contribution >= 4 is 12.0 Å². The lowest BCUT2D eigenvalue weighted by Gasteiger charge is -2.28. The molecule has 5 heteroatoms. The number of nitrogens with one attached hydrogen (secondary N) is 1.